The number of rotatable bonds is 16. The molecule has 51 heavy (non-hydrogen) atoms. The Morgan fingerprint density at radius 3 is 1.10 bits per heavy atom. The molecule has 0 heterocycles. The lowest BCUT2D eigenvalue weighted by atomic mass is 10.1. The molecule has 252 valence electrons. The number of carbonyl (C=O) groups excluding carboxylic acids is 2. The molecule has 0 N–H and O–H groups in total. The van der Waals surface area contributed by atoms with Gasteiger partial charge in [0, 0.05) is 17.5 Å². The highest BCUT2D eigenvalue weighted by atomic mass is 16.5. The van der Waals surface area contributed by atoms with E-state index in [0.717, 1.165) is 34.1 Å². The van der Waals surface area contributed by atoms with Crippen molar-refractivity contribution in [3.63, 3.8) is 0 Å². The first-order valence-corrected chi connectivity index (χ1v) is 16.6. The summed E-state index contributed by atoms with van der Waals surface area (Å²) in [5.74, 6) is 4.17. The van der Waals surface area contributed by atoms with Crippen LogP contribution < -0.4 is 18.9 Å². The quantitative estimate of drug-likeness (QED) is 0.0579. The van der Waals surface area contributed by atoms with Gasteiger partial charge in [0.2, 0.25) is 0 Å². The van der Waals surface area contributed by atoms with Gasteiger partial charge in [-0.25, -0.2) is 0 Å². The fourth-order valence-corrected chi connectivity index (χ4v) is 4.95. The van der Waals surface area contributed by atoms with Crippen LogP contribution in [0.4, 0.5) is 0 Å². The summed E-state index contributed by atoms with van der Waals surface area (Å²) in [6.07, 6.45) is 7.35. The molecule has 0 fully saturated rings. The van der Waals surface area contributed by atoms with Gasteiger partial charge in [-0.3, -0.25) is 9.59 Å². The molecule has 0 aliphatic carbocycles. The lowest BCUT2D eigenvalue weighted by molar-refractivity contribution is 0.103. The van der Waals surface area contributed by atoms with Crippen molar-refractivity contribution in [1.29, 1.82) is 0 Å². The fraction of sp³-hybridized carbons (Fsp3) is 0.0667. The maximum absolute atomic E-state index is 12.7. The van der Waals surface area contributed by atoms with Gasteiger partial charge in [0.05, 0.1) is 13.2 Å². The van der Waals surface area contributed by atoms with Crippen molar-refractivity contribution in [3.8, 4) is 34.5 Å². The third-order valence-electron chi connectivity index (χ3n) is 7.68. The normalized spacial score (nSPS) is 11.0. The van der Waals surface area contributed by atoms with Gasteiger partial charge in [0.25, 0.3) is 0 Å². The molecule has 0 saturated heterocycles. The van der Waals surface area contributed by atoms with Gasteiger partial charge < -0.3 is 18.9 Å². The van der Waals surface area contributed by atoms with Crippen LogP contribution in [0.15, 0.2) is 170 Å². The molecule has 0 bridgehead atoms. The largest absolute Gasteiger partial charge is 0.493 e. The van der Waals surface area contributed by atoms with Crippen LogP contribution in [0, 0.1) is 0 Å². The third-order valence-corrected chi connectivity index (χ3v) is 7.68. The fourth-order valence-electron chi connectivity index (χ4n) is 4.95. The second kappa shape index (κ2) is 17.7. The minimum atomic E-state index is -0.0942. The number of hydrogen-bond acceptors (Lipinski definition) is 6. The van der Waals surface area contributed by atoms with E-state index in [1.807, 2.05) is 109 Å². The van der Waals surface area contributed by atoms with Gasteiger partial charge in [-0.15, -0.1) is 0 Å². The van der Waals surface area contributed by atoms with Crippen molar-refractivity contribution < 1.29 is 28.5 Å². The predicted molar refractivity (Wildman–Crippen MR) is 201 cm³/mol. The van der Waals surface area contributed by atoms with E-state index in [4.69, 9.17) is 18.9 Å². The van der Waals surface area contributed by atoms with Crippen LogP contribution in [0.2, 0.25) is 0 Å². The molecule has 0 radical (unpaired) electrons. The van der Waals surface area contributed by atoms with Crippen LogP contribution in [0.25, 0.3) is 12.2 Å². The second-order valence-corrected chi connectivity index (χ2v) is 11.5. The summed E-state index contributed by atoms with van der Waals surface area (Å²) in [5.41, 5.74) is 2.95. The highest BCUT2D eigenvalue weighted by Gasteiger charge is 2.05. The molecule has 0 aliphatic rings. The van der Waals surface area contributed by atoms with Crippen molar-refractivity contribution in [3.05, 3.63) is 192 Å². The summed E-state index contributed by atoms with van der Waals surface area (Å²) in [6.45, 7) is 0.913. The molecular weight excluding hydrogens is 636 g/mol. The van der Waals surface area contributed by atoms with Crippen LogP contribution in [-0.4, -0.2) is 24.8 Å². The molecular formula is C45H36O6. The zero-order valence-corrected chi connectivity index (χ0v) is 27.9. The summed E-state index contributed by atoms with van der Waals surface area (Å²) in [7, 11) is 0. The monoisotopic (exact) mass is 672 g/mol. The van der Waals surface area contributed by atoms with E-state index in [1.165, 1.54) is 0 Å². The first-order chi connectivity index (χ1) is 25.1. The number of allylic oxidation sites excluding steroid dienone is 2. The highest BCUT2D eigenvalue weighted by molar-refractivity contribution is 6.07. The first kappa shape index (κ1) is 34.2. The Hall–Kier alpha value is -6.66. The minimum Gasteiger partial charge on any atom is -0.493 e. The number of para-hydroxylation sites is 2. The van der Waals surface area contributed by atoms with Gasteiger partial charge in [-0.1, -0.05) is 72.8 Å². The molecule has 6 aromatic rings. The number of ketones is 2. The van der Waals surface area contributed by atoms with Crippen molar-refractivity contribution in [2.45, 2.75) is 6.42 Å². The summed E-state index contributed by atoms with van der Waals surface area (Å²) < 4.78 is 23.3. The SMILES string of the molecule is O=C(/C=C/c1ccc(Oc2ccccc2)cc1)c1ccc(OCCCOc2ccc(C(=O)/C=C/c3ccc(Oc4ccccc4)cc3)cc2)cc1. The van der Waals surface area contributed by atoms with Crippen LogP contribution in [0.1, 0.15) is 38.3 Å². The van der Waals surface area contributed by atoms with Crippen LogP contribution >= 0.6 is 0 Å². The Morgan fingerprint density at radius 2 is 0.725 bits per heavy atom. The molecule has 0 atom stereocenters. The maximum Gasteiger partial charge on any atom is 0.185 e. The van der Waals surface area contributed by atoms with E-state index in [-0.39, 0.29) is 11.6 Å². The van der Waals surface area contributed by atoms with Gasteiger partial charge in [-0.05, 0) is 120 Å². The van der Waals surface area contributed by atoms with E-state index in [0.29, 0.717) is 42.3 Å². The topological polar surface area (TPSA) is 71.1 Å². The van der Waals surface area contributed by atoms with Crippen molar-refractivity contribution in [1.82, 2.24) is 0 Å². The molecule has 0 amide bonds. The molecule has 6 aromatic carbocycles. The van der Waals surface area contributed by atoms with Crippen LogP contribution in [-0.2, 0) is 0 Å². The number of ether oxygens (including phenoxy) is 4. The Labute approximate surface area is 297 Å². The summed E-state index contributed by atoms with van der Waals surface area (Å²) in [4.78, 5) is 25.4. The Morgan fingerprint density at radius 1 is 0.392 bits per heavy atom. The van der Waals surface area contributed by atoms with E-state index < -0.39 is 0 Å². The molecule has 6 rings (SSSR count). The van der Waals surface area contributed by atoms with E-state index in [1.54, 1.807) is 72.8 Å². The first-order valence-electron chi connectivity index (χ1n) is 16.6. The van der Waals surface area contributed by atoms with Gasteiger partial charge in [0.15, 0.2) is 11.6 Å². The third kappa shape index (κ3) is 10.7. The number of hydrogen-bond donors (Lipinski definition) is 0. The van der Waals surface area contributed by atoms with Crippen molar-refractivity contribution >= 4 is 23.7 Å². The predicted octanol–water partition coefficient (Wildman–Crippen LogP) is 10.9. The Balaban J connectivity index is 0.879. The van der Waals surface area contributed by atoms with Gasteiger partial charge in [0.1, 0.15) is 34.5 Å². The number of carbonyl (C=O) groups is 2. The lowest BCUT2D eigenvalue weighted by Gasteiger charge is -2.09. The van der Waals surface area contributed by atoms with Crippen molar-refractivity contribution in [2.24, 2.45) is 0 Å². The second-order valence-electron chi connectivity index (χ2n) is 11.5. The van der Waals surface area contributed by atoms with Crippen molar-refractivity contribution in [2.75, 3.05) is 13.2 Å². The van der Waals surface area contributed by atoms with E-state index >= 15 is 0 Å². The molecule has 0 saturated carbocycles. The minimum absolute atomic E-state index is 0.0942. The maximum atomic E-state index is 12.7. The lowest BCUT2D eigenvalue weighted by Crippen LogP contribution is -2.05. The molecule has 0 aliphatic heterocycles. The zero-order chi connectivity index (χ0) is 35.1. The molecule has 0 unspecified atom stereocenters. The highest BCUT2D eigenvalue weighted by Crippen LogP contribution is 2.23. The number of benzene rings is 6. The average molecular weight is 673 g/mol. The molecule has 6 nitrogen and oxygen atoms in total. The summed E-state index contributed by atoms with van der Waals surface area (Å²) in [5, 5.41) is 0. The van der Waals surface area contributed by atoms with Crippen LogP contribution in [0.3, 0.4) is 0 Å². The molecule has 6 heteroatoms. The Kier molecular flexibility index (Phi) is 11.8. The smallest absolute Gasteiger partial charge is 0.185 e. The van der Waals surface area contributed by atoms with Gasteiger partial charge in [-0.2, -0.15) is 0 Å². The van der Waals surface area contributed by atoms with Gasteiger partial charge >= 0.3 is 0 Å². The van der Waals surface area contributed by atoms with Crippen LogP contribution in [0.5, 0.6) is 34.5 Å². The molecule has 0 spiro atoms. The summed E-state index contributed by atoms with van der Waals surface area (Å²) in [6, 6.07) is 48.5. The average Bonchev–Trinajstić information content (AvgIpc) is 3.18. The zero-order valence-electron chi connectivity index (χ0n) is 27.9. The standard InChI is InChI=1S/C45H36O6/c46-44(30-16-34-12-22-42(23-13-34)50-40-8-3-1-4-9-40)36-18-26-38(27-19-36)48-32-7-33-49-39-28-20-37(21-29-39)45(47)31-17-35-14-24-43(25-15-35)51-41-10-5-2-6-11-41/h1-6,8-31H,7,32-33H2/b30-16+,31-17+. The summed E-state index contributed by atoms with van der Waals surface area (Å²) >= 11 is 0. The Bertz CT molecular complexity index is 1900. The van der Waals surface area contributed by atoms with E-state index in [2.05, 4.69) is 0 Å². The molecule has 0 aromatic heterocycles. The van der Waals surface area contributed by atoms with E-state index in [9.17, 15) is 9.59 Å².